The molecule has 0 spiro atoms. The molecule has 1 aliphatic heterocycles. The van der Waals surface area contributed by atoms with Crippen molar-refractivity contribution < 1.29 is 19.1 Å². The van der Waals surface area contributed by atoms with Crippen LogP contribution in [0.3, 0.4) is 0 Å². The van der Waals surface area contributed by atoms with Crippen LogP contribution in [0.5, 0.6) is 11.5 Å². The van der Waals surface area contributed by atoms with Crippen molar-refractivity contribution in [2.24, 2.45) is 5.16 Å². The van der Waals surface area contributed by atoms with Gasteiger partial charge in [-0.25, -0.2) is 4.98 Å². The number of ether oxygens (including phenoxy) is 2. The SMILES string of the molecule is COc1ccc(C2=NOC(C(=O)Nc3nc4ccccc4s3)C2)cc1OC. The largest absolute Gasteiger partial charge is 0.493 e. The fourth-order valence-corrected chi connectivity index (χ4v) is 3.68. The van der Waals surface area contributed by atoms with Crippen LogP contribution in [0.25, 0.3) is 10.2 Å². The van der Waals surface area contributed by atoms with E-state index >= 15 is 0 Å². The molecule has 3 aromatic rings. The van der Waals surface area contributed by atoms with Gasteiger partial charge in [0, 0.05) is 12.0 Å². The molecule has 4 rings (SSSR count). The molecule has 1 unspecified atom stereocenters. The number of carbonyl (C=O) groups is 1. The molecule has 138 valence electrons. The van der Waals surface area contributed by atoms with Crippen molar-refractivity contribution in [3.05, 3.63) is 48.0 Å². The van der Waals surface area contributed by atoms with Gasteiger partial charge in [0.15, 0.2) is 16.6 Å². The average Bonchev–Trinajstić information content (AvgIpc) is 3.34. The summed E-state index contributed by atoms with van der Waals surface area (Å²) >= 11 is 1.42. The number of anilines is 1. The zero-order valence-electron chi connectivity index (χ0n) is 14.8. The van der Waals surface area contributed by atoms with Gasteiger partial charge in [-0.3, -0.25) is 10.1 Å². The van der Waals surface area contributed by atoms with Gasteiger partial charge in [-0.15, -0.1) is 0 Å². The second-order valence-corrected chi connectivity index (χ2v) is 6.91. The van der Waals surface area contributed by atoms with E-state index in [0.717, 1.165) is 15.8 Å². The Morgan fingerprint density at radius 1 is 1.19 bits per heavy atom. The summed E-state index contributed by atoms with van der Waals surface area (Å²) in [6.07, 6.45) is -0.327. The summed E-state index contributed by atoms with van der Waals surface area (Å²) < 4.78 is 11.6. The highest BCUT2D eigenvalue weighted by molar-refractivity contribution is 7.22. The van der Waals surface area contributed by atoms with E-state index in [4.69, 9.17) is 14.3 Å². The van der Waals surface area contributed by atoms with Gasteiger partial charge in [0.05, 0.1) is 30.1 Å². The number of aromatic nitrogens is 1. The van der Waals surface area contributed by atoms with Crippen LogP contribution in [0.15, 0.2) is 47.6 Å². The lowest BCUT2D eigenvalue weighted by molar-refractivity contribution is -0.125. The van der Waals surface area contributed by atoms with Crippen LogP contribution in [-0.2, 0) is 9.63 Å². The van der Waals surface area contributed by atoms with Crippen LogP contribution in [0.1, 0.15) is 12.0 Å². The van der Waals surface area contributed by atoms with Gasteiger partial charge in [0.1, 0.15) is 0 Å². The Labute approximate surface area is 159 Å². The summed E-state index contributed by atoms with van der Waals surface area (Å²) in [5.74, 6) is 0.958. The predicted octanol–water partition coefficient (Wildman–Crippen LogP) is 3.45. The number of amides is 1. The number of thiazole rings is 1. The quantitative estimate of drug-likeness (QED) is 0.730. The molecule has 1 aromatic heterocycles. The smallest absolute Gasteiger partial charge is 0.270 e. The molecule has 0 saturated heterocycles. The summed E-state index contributed by atoms with van der Waals surface area (Å²) in [6, 6.07) is 13.2. The molecule has 0 aliphatic carbocycles. The number of carbonyl (C=O) groups excluding carboxylic acids is 1. The molecule has 2 aromatic carbocycles. The van der Waals surface area contributed by atoms with Crippen molar-refractivity contribution >= 4 is 38.3 Å². The number of benzene rings is 2. The molecule has 0 saturated carbocycles. The molecule has 1 amide bonds. The number of hydrogen-bond acceptors (Lipinski definition) is 7. The standard InChI is InChI=1S/C19H17N3O4S/c1-24-14-8-7-11(9-15(14)25-2)13-10-16(26-22-13)18(23)21-19-20-12-5-3-4-6-17(12)27-19/h3-9,16H,10H2,1-2H3,(H,20,21,23). The first-order valence-corrected chi connectivity index (χ1v) is 9.11. The Balaban J connectivity index is 1.44. The number of methoxy groups -OCH3 is 2. The first-order chi connectivity index (χ1) is 13.2. The van der Waals surface area contributed by atoms with Gasteiger partial charge in [0.25, 0.3) is 5.91 Å². The van der Waals surface area contributed by atoms with Crippen LogP contribution in [0, 0.1) is 0 Å². The van der Waals surface area contributed by atoms with Crippen molar-refractivity contribution in [1.82, 2.24) is 4.98 Å². The number of nitrogens with one attached hydrogen (secondary N) is 1. The van der Waals surface area contributed by atoms with Gasteiger partial charge in [-0.05, 0) is 30.3 Å². The van der Waals surface area contributed by atoms with E-state index in [9.17, 15) is 4.79 Å². The minimum absolute atomic E-state index is 0.270. The molecular weight excluding hydrogens is 366 g/mol. The summed E-state index contributed by atoms with van der Waals surface area (Å²) in [5.41, 5.74) is 2.36. The molecule has 0 bridgehead atoms. The van der Waals surface area contributed by atoms with E-state index < -0.39 is 6.10 Å². The second kappa shape index (κ2) is 7.24. The lowest BCUT2D eigenvalue weighted by Crippen LogP contribution is -2.27. The topological polar surface area (TPSA) is 82.0 Å². The Morgan fingerprint density at radius 3 is 2.78 bits per heavy atom. The van der Waals surface area contributed by atoms with Gasteiger partial charge < -0.3 is 14.3 Å². The molecule has 8 heteroatoms. The molecule has 0 fully saturated rings. The van der Waals surface area contributed by atoms with Crippen LogP contribution >= 0.6 is 11.3 Å². The summed E-state index contributed by atoms with van der Waals surface area (Å²) in [6.45, 7) is 0. The predicted molar refractivity (Wildman–Crippen MR) is 104 cm³/mol. The van der Waals surface area contributed by atoms with E-state index in [1.54, 1.807) is 20.3 Å². The summed E-state index contributed by atoms with van der Waals surface area (Å²) in [5, 5.41) is 7.42. The third-order valence-electron chi connectivity index (χ3n) is 4.20. The highest BCUT2D eigenvalue weighted by Crippen LogP contribution is 2.30. The molecule has 0 radical (unpaired) electrons. The van der Waals surface area contributed by atoms with E-state index in [-0.39, 0.29) is 5.91 Å². The maximum Gasteiger partial charge on any atom is 0.270 e. The lowest BCUT2D eigenvalue weighted by atomic mass is 10.0. The van der Waals surface area contributed by atoms with Crippen LogP contribution in [0.4, 0.5) is 5.13 Å². The number of rotatable bonds is 5. The first-order valence-electron chi connectivity index (χ1n) is 8.29. The third-order valence-corrected chi connectivity index (χ3v) is 5.15. The lowest BCUT2D eigenvalue weighted by Gasteiger charge is -2.09. The number of para-hydroxylation sites is 1. The average molecular weight is 383 g/mol. The molecule has 27 heavy (non-hydrogen) atoms. The highest BCUT2D eigenvalue weighted by atomic mass is 32.1. The van der Waals surface area contributed by atoms with Gasteiger partial charge in [-0.2, -0.15) is 0 Å². The van der Waals surface area contributed by atoms with E-state index in [2.05, 4.69) is 15.5 Å². The van der Waals surface area contributed by atoms with Crippen LogP contribution in [0.2, 0.25) is 0 Å². The van der Waals surface area contributed by atoms with Crippen molar-refractivity contribution in [2.75, 3.05) is 19.5 Å². The van der Waals surface area contributed by atoms with Crippen molar-refractivity contribution in [1.29, 1.82) is 0 Å². The normalized spacial score (nSPS) is 15.9. The van der Waals surface area contributed by atoms with Crippen LogP contribution < -0.4 is 14.8 Å². The fraction of sp³-hybridized carbons (Fsp3) is 0.211. The minimum Gasteiger partial charge on any atom is -0.493 e. The Hall–Kier alpha value is -3.13. The number of hydrogen-bond donors (Lipinski definition) is 1. The zero-order valence-corrected chi connectivity index (χ0v) is 15.6. The Kier molecular flexibility index (Phi) is 4.64. The molecule has 7 nitrogen and oxygen atoms in total. The molecule has 2 heterocycles. The first kappa shape index (κ1) is 17.3. The van der Waals surface area contributed by atoms with Gasteiger partial charge in [0.2, 0.25) is 6.10 Å². The third kappa shape index (κ3) is 3.43. The monoisotopic (exact) mass is 383 g/mol. The highest BCUT2D eigenvalue weighted by Gasteiger charge is 2.30. The number of nitrogens with zero attached hydrogens (tertiary/aromatic N) is 2. The zero-order chi connectivity index (χ0) is 18.8. The Morgan fingerprint density at radius 2 is 2.00 bits per heavy atom. The maximum absolute atomic E-state index is 12.5. The van der Waals surface area contributed by atoms with E-state index in [1.807, 2.05) is 36.4 Å². The van der Waals surface area contributed by atoms with E-state index in [0.29, 0.717) is 28.8 Å². The van der Waals surface area contributed by atoms with Crippen LogP contribution in [-0.4, -0.2) is 36.9 Å². The van der Waals surface area contributed by atoms with E-state index in [1.165, 1.54) is 11.3 Å². The van der Waals surface area contributed by atoms with Gasteiger partial charge in [-0.1, -0.05) is 28.6 Å². The molecule has 1 aliphatic rings. The number of oxime groups is 1. The minimum atomic E-state index is -0.694. The van der Waals surface area contributed by atoms with Gasteiger partial charge >= 0.3 is 0 Å². The summed E-state index contributed by atoms with van der Waals surface area (Å²) in [7, 11) is 3.15. The molecule has 1 atom stereocenters. The summed E-state index contributed by atoms with van der Waals surface area (Å²) in [4.78, 5) is 22.2. The Bertz CT molecular complexity index is 998. The van der Waals surface area contributed by atoms with Crippen molar-refractivity contribution in [2.45, 2.75) is 12.5 Å². The second-order valence-electron chi connectivity index (χ2n) is 5.88. The maximum atomic E-state index is 12.5. The molecular formula is C19H17N3O4S. The number of fused-ring (bicyclic) bond motifs is 1. The molecule has 1 N–H and O–H groups in total. The van der Waals surface area contributed by atoms with Crippen molar-refractivity contribution in [3.8, 4) is 11.5 Å². The van der Waals surface area contributed by atoms with Crippen molar-refractivity contribution in [3.63, 3.8) is 0 Å². The fourth-order valence-electron chi connectivity index (χ4n) is 2.82.